The summed E-state index contributed by atoms with van der Waals surface area (Å²) in [5.41, 5.74) is 0. The maximum Gasteiger partial charge on any atom is 0.326 e. The molecule has 0 spiro atoms. The third kappa shape index (κ3) is 1.64. The Balaban J connectivity index is 2.76. The van der Waals surface area contributed by atoms with Crippen LogP contribution in [0.25, 0.3) is 0 Å². The van der Waals surface area contributed by atoms with E-state index in [2.05, 4.69) is 0 Å². The van der Waals surface area contributed by atoms with E-state index in [1.807, 2.05) is 0 Å². The van der Waals surface area contributed by atoms with E-state index in [-0.39, 0.29) is 5.91 Å². The molecule has 0 radical (unpaired) electrons. The molecule has 1 aliphatic heterocycles. The smallest absolute Gasteiger partial charge is 0.326 e. The fourth-order valence-electron chi connectivity index (χ4n) is 1.25. The van der Waals surface area contributed by atoms with Crippen LogP contribution in [0.3, 0.4) is 0 Å². The zero-order valence-electron chi connectivity index (χ0n) is 6.86. The van der Waals surface area contributed by atoms with Gasteiger partial charge in [-0.3, -0.25) is 4.79 Å². The Morgan fingerprint density at radius 2 is 2.17 bits per heavy atom. The third-order valence-electron chi connectivity index (χ3n) is 1.89. The molecule has 1 N–H and O–H groups in total. The van der Waals surface area contributed by atoms with Crippen LogP contribution in [0.1, 0.15) is 13.3 Å². The van der Waals surface area contributed by atoms with Gasteiger partial charge >= 0.3 is 5.97 Å². The second-order valence-electron chi connectivity index (χ2n) is 2.73. The number of carbonyl (C=O) groups is 2. The van der Waals surface area contributed by atoms with Crippen LogP contribution in [0, 0.1) is 0 Å². The third-order valence-corrected chi connectivity index (χ3v) is 1.89. The van der Waals surface area contributed by atoms with Gasteiger partial charge < -0.3 is 10.0 Å². The number of carbonyl (C=O) groups excluding carboxylic acids is 1. The zero-order valence-corrected chi connectivity index (χ0v) is 6.86. The molecule has 0 saturated carbocycles. The van der Waals surface area contributed by atoms with E-state index >= 15 is 0 Å². The van der Waals surface area contributed by atoms with Crippen molar-refractivity contribution in [2.45, 2.75) is 19.4 Å². The topological polar surface area (TPSA) is 57.6 Å². The summed E-state index contributed by atoms with van der Waals surface area (Å²) >= 11 is 0. The second-order valence-corrected chi connectivity index (χ2v) is 2.73. The average molecular weight is 169 g/mol. The van der Waals surface area contributed by atoms with E-state index in [0.717, 1.165) is 0 Å². The second kappa shape index (κ2) is 3.38. The van der Waals surface area contributed by atoms with Crippen molar-refractivity contribution < 1.29 is 14.7 Å². The first kappa shape index (κ1) is 8.77. The van der Waals surface area contributed by atoms with E-state index in [1.165, 1.54) is 11.8 Å². The summed E-state index contributed by atoms with van der Waals surface area (Å²) in [4.78, 5) is 22.9. The van der Waals surface area contributed by atoms with Gasteiger partial charge in [0.1, 0.15) is 6.04 Å². The fraction of sp³-hybridized carbons (Fsp3) is 0.500. The van der Waals surface area contributed by atoms with Gasteiger partial charge in [-0.05, 0) is 6.42 Å². The molecule has 1 unspecified atom stereocenters. The number of hydrogen-bond donors (Lipinski definition) is 1. The molecule has 0 aliphatic carbocycles. The van der Waals surface area contributed by atoms with Gasteiger partial charge in [0, 0.05) is 13.5 Å². The summed E-state index contributed by atoms with van der Waals surface area (Å²) < 4.78 is 0. The summed E-state index contributed by atoms with van der Waals surface area (Å²) in [5, 5.41) is 8.73. The molecule has 0 bridgehead atoms. The molecule has 0 saturated heterocycles. The van der Waals surface area contributed by atoms with E-state index in [9.17, 15) is 9.59 Å². The molecule has 1 heterocycles. The fourth-order valence-corrected chi connectivity index (χ4v) is 1.25. The lowest BCUT2D eigenvalue weighted by Gasteiger charge is -2.28. The van der Waals surface area contributed by atoms with Gasteiger partial charge in [0.2, 0.25) is 5.91 Å². The SMILES string of the molecule is CC(=O)N1CC=CCC1C(=O)O. The predicted octanol–water partition coefficient (Wildman–Crippen LogP) is 0.248. The van der Waals surface area contributed by atoms with Crippen LogP contribution in [-0.4, -0.2) is 34.5 Å². The van der Waals surface area contributed by atoms with Gasteiger partial charge in [-0.25, -0.2) is 4.79 Å². The Morgan fingerprint density at radius 3 is 2.58 bits per heavy atom. The maximum atomic E-state index is 10.9. The predicted molar refractivity (Wildman–Crippen MR) is 42.6 cm³/mol. The molecule has 0 aromatic rings. The minimum absolute atomic E-state index is 0.188. The van der Waals surface area contributed by atoms with Crippen LogP contribution in [0.2, 0.25) is 0 Å². The first-order chi connectivity index (χ1) is 5.63. The Labute approximate surface area is 70.5 Å². The van der Waals surface area contributed by atoms with Crippen molar-refractivity contribution in [2.75, 3.05) is 6.54 Å². The zero-order chi connectivity index (χ0) is 9.14. The molecule has 1 rings (SSSR count). The minimum atomic E-state index is -0.936. The van der Waals surface area contributed by atoms with Crippen LogP contribution in [0.5, 0.6) is 0 Å². The molecule has 0 aromatic heterocycles. The van der Waals surface area contributed by atoms with Gasteiger partial charge in [0.25, 0.3) is 0 Å². The highest BCUT2D eigenvalue weighted by atomic mass is 16.4. The number of amides is 1. The van der Waals surface area contributed by atoms with Crippen LogP contribution in [0.15, 0.2) is 12.2 Å². The first-order valence-electron chi connectivity index (χ1n) is 3.78. The lowest BCUT2D eigenvalue weighted by atomic mass is 10.1. The monoisotopic (exact) mass is 169 g/mol. The summed E-state index contributed by atoms with van der Waals surface area (Å²) in [7, 11) is 0. The van der Waals surface area contributed by atoms with Crippen molar-refractivity contribution in [3.05, 3.63) is 12.2 Å². The van der Waals surface area contributed by atoms with Crippen molar-refractivity contribution in [1.82, 2.24) is 4.90 Å². The van der Waals surface area contributed by atoms with Gasteiger partial charge in [0.05, 0.1) is 0 Å². The molecule has 12 heavy (non-hydrogen) atoms. The van der Waals surface area contributed by atoms with Crippen LogP contribution in [-0.2, 0) is 9.59 Å². The molecular formula is C8H11NO3. The van der Waals surface area contributed by atoms with Gasteiger partial charge in [0.15, 0.2) is 0 Å². The number of hydrogen-bond acceptors (Lipinski definition) is 2. The van der Waals surface area contributed by atoms with Crippen molar-refractivity contribution in [2.24, 2.45) is 0 Å². The highest BCUT2D eigenvalue weighted by Crippen LogP contribution is 2.11. The van der Waals surface area contributed by atoms with Crippen LogP contribution in [0.4, 0.5) is 0 Å². The lowest BCUT2D eigenvalue weighted by Crippen LogP contribution is -2.45. The van der Waals surface area contributed by atoms with Crippen molar-refractivity contribution in [3.63, 3.8) is 0 Å². The van der Waals surface area contributed by atoms with Gasteiger partial charge in [-0.2, -0.15) is 0 Å². The standard InChI is InChI=1S/C8H11NO3/c1-6(10)9-5-3-2-4-7(9)8(11)12/h2-3,7H,4-5H2,1H3,(H,11,12). The number of carboxylic acid groups (broad SMARTS) is 1. The van der Waals surface area contributed by atoms with E-state index in [0.29, 0.717) is 13.0 Å². The number of carboxylic acids is 1. The van der Waals surface area contributed by atoms with E-state index in [1.54, 1.807) is 12.2 Å². The van der Waals surface area contributed by atoms with Gasteiger partial charge in [-0.1, -0.05) is 12.2 Å². The lowest BCUT2D eigenvalue weighted by molar-refractivity contribution is -0.149. The summed E-state index contributed by atoms with van der Waals surface area (Å²) in [6, 6.07) is -0.674. The molecule has 0 aromatic carbocycles. The maximum absolute atomic E-state index is 10.9. The van der Waals surface area contributed by atoms with Crippen molar-refractivity contribution in [1.29, 1.82) is 0 Å². The van der Waals surface area contributed by atoms with E-state index in [4.69, 9.17) is 5.11 Å². The number of aliphatic carboxylic acids is 1. The molecular weight excluding hydrogens is 158 g/mol. The largest absolute Gasteiger partial charge is 0.480 e. The minimum Gasteiger partial charge on any atom is -0.480 e. The molecule has 4 heteroatoms. The Bertz CT molecular complexity index is 210. The van der Waals surface area contributed by atoms with Crippen molar-refractivity contribution >= 4 is 11.9 Å². The number of nitrogens with zero attached hydrogens (tertiary/aromatic N) is 1. The summed E-state index contributed by atoms with van der Waals surface area (Å²) in [6.45, 7) is 1.79. The quantitative estimate of drug-likeness (QED) is 0.572. The van der Waals surface area contributed by atoms with Gasteiger partial charge in [-0.15, -0.1) is 0 Å². The molecule has 1 aliphatic rings. The molecule has 0 fully saturated rings. The molecule has 1 atom stereocenters. The molecule has 1 amide bonds. The van der Waals surface area contributed by atoms with Crippen molar-refractivity contribution in [3.8, 4) is 0 Å². The molecule has 66 valence electrons. The highest BCUT2D eigenvalue weighted by Gasteiger charge is 2.27. The van der Waals surface area contributed by atoms with Crippen LogP contribution < -0.4 is 0 Å². The Kier molecular flexibility index (Phi) is 2.47. The Morgan fingerprint density at radius 1 is 1.50 bits per heavy atom. The first-order valence-corrected chi connectivity index (χ1v) is 3.78. The van der Waals surface area contributed by atoms with E-state index < -0.39 is 12.0 Å². The summed E-state index contributed by atoms with van der Waals surface area (Å²) in [5.74, 6) is -1.12. The number of rotatable bonds is 1. The normalized spacial score (nSPS) is 22.4. The average Bonchev–Trinajstić information content (AvgIpc) is 2.04. The van der Waals surface area contributed by atoms with Crippen LogP contribution >= 0.6 is 0 Å². The molecule has 4 nitrogen and oxygen atoms in total. The summed E-state index contributed by atoms with van der Waals surface area (Å²) in [6.07, 6.45) is 4.01. The highest BCUT2D eigenvalue weighted by molar-refractivity contribution is 5.82. The Hall–Kier alpha value is -1.32.